The van der Waals surface area contributed by atoms with Crippen LogP contribution in [0.2, 0.25) is 0 Å². The molecule has 8 nitrogen and oxygen atoms in total. The topological polar surface area (TPSA) is 122 Å². The molecule has 24 heavy (non-hydrogen) atoms. The highest BCUT2D eigenvalue weighted by Gasteiger charge is 2.30. The molecule has 0 bridgehead atoms. The molecule has 1 aromatic carbocycles. The SMILES string of the molecule is C=CC(CNS(=O)(=O)c1ccc([N+](=O)[O-])cc1)OC(=N)C(Cl)(Cl)Cl. The lowest BCUT2D eigenvalue weighted by Crippen LogP contribution is -2.36. The number of sulfonamides is 1. The van der Waals surface area contributed by atoms with Crippen LogP contribution in [0.1, 0.15) is 0 Å². The van der Waals surface area contributed by atoms with Gasteiger partial charge in [0, 0.05) is 12.1 Å². The van der Waals surface area contributed by atoms with Gasteiger partial charge in [0.05, 0.1) is 16.4 Å². The second kappa shape index (κ2) is 8.13. The van der Waals surface area contributed by atoms with Gasteiger partial charge < -0.3 is 4.74 Å². The first-order chi connectivity index (χ1) is 11.0. The van der Waals surface area contributed by atoms with E-state index in [0.717, 1.165) is 24.3 Å². The van der Waals surface area contributed by atoms with Gasteiger partial charge in [0.1, 0.15) is 6.10 Å². The van der Waals surface area contributed by atoms with Crippen LogP contribution >= 0.6 is 34.8 Å². The fraction of sp³-hybridized carbons (Fsp3) is 0.250. The van der Waals surface area contributed by atoms with Gasteiger partial charge in [-0.1, -0.05) is 47.5 Å². The van der Waals surface area contributed by atoms with Crippen LogP contribution in [-0.2, 0) is 14.8 Å². The number of rotatable bonds is 7. The summed E-state index contributed by atoms with van der Waals surface area (Å²) in [5.74, 6) is -0.688. The smallest absolute Gasteiger partial charge is 0.269 e. The van der Waals surface area contributed by atoms with E-state index in [-0.39, 0.29) is 17.1 Å². The number of hydrogen-bond acceptors (Lipinski definition) is 6. The van der Waals surface area contributed by atoms with Crippen molar-refractivity contribution in [2.45, 2.75) is 14.8 Å². The number of halogens is 3. The van der Waals surface area contributed by atoms with E-state index in [9.17, 15) is 18.5 Å². The molecule has 0 saturated heterocycles. The van der Waals surface area contributed by atoms with Crippen LogP contribution in [0.5, 0.6) is 0 Å². The minimum Gasteiger partial charge on any atom is -0.469 e. The van der Waals surface area contributed by atoms with E-state index in [1.54, 1.807) is 0 Å². The zero-order chi connectivity index (χ0) is 18.5. The van der Waals surface area contributed by atoms with Crippen molar-refractivity contribution in [1.82, 2.24) is 4.72 Å². The van der Waals surface area contributed by atoms with Gasteiger partial charge in [-0.3, -0.25) is 15.5 Å². The van der Waals surface area contributed by atoms with Crippen molar-refractivity contribution >= 4 is 56.4 Å². The summed E-state index contributed by atoms with van der Waals surface area (Å²) in [7, 11) is -3.95. The van der Waals surface area contributed by atoms with E-state index in [1.165, 1.54) is 6.08 Å². The molecule has 0 aliphatic rings. The van der Waals surface area contributed by atoms with E-state index in [2.05, 4.69) is 11.3 Å². The van der Waals surface area contributed by atoms with Crippen molar-refractivity contribution in [3.05, 3.63) is 47.0 Å². The summed E-state index contributed by atoms with van der Waals surface area (Å²) in [4.78, 5) is 9.74. The highest BCUT2D eigenvalue weighted by molar-refractivity contribution is 7.89. The van der Waals surface area contributed by atoms with E-state index in [4.69, 9.17) is 44.9 Å². The largest absolute Gasteiger partial charge is 0.469 e. The van der Waals surface area contributed by atoms with Crippen molar-refractivity contribution in [2.75, 3.05) is 6.54 Å². The fourth-order valence-electron chi connectivity index (χ4n) is 1.41. The lowest BCUT2D eigenvalue weighted by Gasteiger charge is -2.20. The summed E-state index contributed by atoms with van der Waals surface area (Å²) in [6.45, 7) is 3.15. The number of benzene rings is 1. The molecule has 2 N–H and O–H groups in total. The number of nitrogens with one attached hydrogen (secondary N) is 2. The van der Waals surface area contributed by atoms with Crippen molar-refractivity contribution in [3.8, 4) is 0 Å². The van der Waals surface area contributed by atoms with Gasteiger partial charge in [-0.05, 0) is 12.1 Å². The Hall–Kier alpha value is -1.39. The first-order valence-electron chi connectivity index (χ1n) is 6.16. The first-order valence-corrected chi connectivity index (χ1v) is 8.78. The third-order valence-electron chi connectivity index (χ3n) is 2.62. The summed E-state index contributed by atoms with van der Waals surface area (Å²) in [6, 6.07) is 4.31. The standard InChI is InChI=1S/C12H12Cl3N3O5S/c1-2-9(23-11(16)12(13,14)15)7-17-24(21,22)10-5-3-8(4-6-10)18(19)20/h2-6,9,16-17H,1,7H2. The van der Waals surface area contributed by atoms with Gasteiger partial charge in [0.2, 0.25) is 15.9 Å². The predicted octanol–water partition coefficient (Wildman–Crippen LogP) is 2.79. The highest BCUT2D eigenvalue weighted by atomic mass is 35.6. The van der Waals surface area contributed by atoms with Gasteiger partial charge in [-0.2, -0.15) is 0 Å². The van der Waals surface area contributed by atoms with Crippen molar-refractivity contribution < 1.29 is 18.1 Å². The molecular formula is C12H12Cl3N3O5S. The van der Waals surface area contributed by atoms with Crippen LogP contribution < -0.4 is 4.72 Å². The maximum Gasteiger partial charge on any atom is 0.269 e. The molecule has 0 heterocycles. The Morgan fingerprint density at radius 3 is 2.38 bits per heavy atom. The Bertz CT molecular complexity index is 731. The summed E-state index contributed by atoms with van der Waals surface area (Å²) >= 11 is 16.4. The summed E-state index contributed by atoms with van der Waals surface area (Å²) in [5.41, 5.74) is -0.239. The lowest BCUT2D eigenvalue weighted by molar-refractivity contribution is -0.384. The number of non-ortho nitro benzene ring substituents is 1. The van der Waals surface area contributed by atoms with Gasteiger partial charge in [-0.15, -0.1) is 0 Å². The number of nitro groups is 1. The molecule has 0 radical (unpaired) electrons. The monoisotopic (exact) mass is 415 g/mol. The zero-order valence-electron chi connectivity index (χ0n) is 11.9. The number of nitrogens with zero attached hydrogens (tertiary/aromatic N) is 1. The van der Waals surface area contributed by atoms with E-state index in [1.807, 2.05) is 0 Å². The summed E-state index contributed by atoms with van der Waals surface area (Å²) in [6.07, 6.45) is 0.268. The molecule has 0 aromatic heterocycles. The third-order valence-corrected chi connectivity index (χ3v) is 4.58. The van der Waals surface area contributed by atoms with Crippen LogP contribution in [0.4, 0.5) is 5.69 Å². The maximum absolute atomic E-state index is 12.1. The molecule has 0 amide bonds. The molecule has 1 unspecified atom stereocenters. The summed E-state index contributed by atoms with van der Waals surface area (Å²) < 4.78 is 29.4. The van der Waals surface area contributed by atoms with Crippen LogP contribution in [-0.4, -0.2) is 35.7 Å². The van der Waals surface area contributed by atoms with Crippen LogP contribution in [0.3, 0.4) is 0 Å². The predicted molar refractivity (Wildman–Crippen MR) is 91.4 cm³/mol. The van der Waals surface area contributed by atoms with Crippen molar-refractivity contribution in [1.29, 1.82) is 5.41 Å². The molecular weight excluding hydrogens is 405 g/mol. The van der Waals surface area contributed by atoms with Crippen LogP contribution in [0, 0.1) is 15.5 Å². The molecule has 1 aromatic rings. The normalized spacial score (nSPS) is 13.1. The number of hydrogen-bond donors (Lipinski definition) is 2. The molecule has 132 valence electrons. The van der Waals surface area contributed by atoms with Gasteiger partial charge >= 0.3 is 0 Å². The number of nitro benzene ring substituents is 1. The Morgan fingerprint density at radius 2 is 1.96 bits per heavy atom. The van der Waals surface area contributed by atoms with Gasteiger partial charge in [-0.25, -0.2) is 13.1 Å². The molecule has 0 saturated carbocycles. The maximum atomic E-state index is 12.1. The first kappa shape index (κ1) is 20.7. The second-order valence-corrected chi connectivity index (χ2v) is 8.37. The van der Waals surface area contributed by atoms with Crippen LogP contribution in [0.25, 0.3) is 0 Å². The number of ether oxygens (including phenoxy) is 1. The molecule has 0 spiro atoms. The Kier molecular flexibility index (Phi) is 6.99. The Morgan fingerprint density at radius 1 is 1.42 bits per heavy atom. The van der Waals surface area contributed by atoms with E-state index in [0.29, 0.717) is 0 Å². The third kappa shape index (κ3) is 5.91. The summed E-state index contributed by atoms with van der Waals surface area (Å²) in [5, 5.41) is 18.0. The quantitative estimate of drug-likeness (QED) is 0.177. The van der Waals surface area contributed by atoms with Crippen molar-refractivity contribution in [2.24, 2.45) is 0 Å². The fourth-order valence-corrected chi connectivity index (χ4v) is 2.59. The Labute approximate surface area is 153 Å². The van der Waals surface area contributed by atoms with Crippen molar-refractivity contribution in [3.63, 3.8) is 0 Å². The molecule has 0 aliphatic carbocycles. The lowest BCUT2D eigenvalue weighted by atomic mass is 10.3. The average molecular weight is 417 g/mol. The van der Waals surface area contributed by atoms with Gasteiger partial charge in [0.25, 0.3) is 9.48 Å². The molecule has 12 heteroatoms. The molecule has 1 atom stereocenters. The minimum atomic E-state index is -3.95. The molecule has 0 fully saturated rings. The van der Waals surface area contributed by atoms with Crippen LogP contribution in [0.15, 0.2) is 41.8 Å². The highest BCUT2D eigenvalue weighted by Crippen LogP contribution is 2.28. The molecule has 1 rings (SSSR count). The Balaban J connectivity index is 2.77. The zero-order valence-corrected chi connectivity index (χ0v) is 15.0. The van der Waals surface area contributed by atoms with E-state index >= 15 is 0 Å². The second-order valence-electron chi connectivity index (χ2n) is 4.32. The minimum absolute atomic E-state index is 0.174. The van der Waals surface area contributed by atoms with E-state index < -0.39 is 30.7 Å². The molecule has 0 aliphatic heterocycles. The average Bonchev–Trinajstić information content (AvgIpc) is 2.50. The van der Waals surface area contributed by atoms with Gasteiger partial charge in [0.15, 0.2) is 0 Å². The number of alkyl halides is 3.